The van der Waals surface area contributed by atoms with Gasteiger partial charge in [0.1, 0.15) is 0 Å². The van der Waals surface area contributed by atoms with Crippen LogP contribution in [0, 0.1) is 25.2 Å². The van der Waals surface area contributed by atoms with Crippen molar-refractivity contribution in [3.63, 3.8) is 0 Å². The maximum atomic E-state index is 12.8. The van der Waals surface area contributed by atoms with E-state index in [9.17, 15) is 9.59 Å². The number of nitrogens with zero attached hydrogens (tertiary/aromatic N) is 2. The van der Waals surface area contributed by atoms with Gasteiger partial charge in [0, 0.05) is 31.7 Å². The number of nitrogens with two attached hydrogens (primary N) is 1. The molecule has 0 radical (unpaired) electrons. The molecule has 2 unspecified atom stereocenters. The number of carbonyl (C=O) groups excluding carboxylic acids is 2. The maximum Gasteiger partial charge on any atom is 0.228 e. The fourth-order valence-corrected chi connectivity index (χ4v) is 3.77. The summed E-state index contributed by atoms with van der Waals surface area (Å²) < 4.78 is 0. The van der Waals surface area contributed by atoms with Crippen LogP contribution in [0.15, 0.2) is 18.2 Å². The largest absolute Gasteiger partial charge is 0.342 e. The van der Waals surface area contributed by atoms with Gasteiger partial charge in [-0.05, 0) is 49.4 Å². The molecule has 2 aliphatic heterocycles. The van der Waals surface area contributed by atoms with Gasteiger partial charge in [0.25, 0.3) is 0 Å². The molecular formula is C19H27N3O2. The van der Waals surface area contributed by atoms with E-state index in [4.69, 9.17) is 5.73 Å². The van der Waals surface area contributed by atoms with Crippen molar-refractivity contribution < 1.29 is 9.59 Å². The van der Waals surface area contributed by atoms with Crippen molar-refractivity contribution in [3.05, 3.63) is 29.3 Å². The van der Waals surface area contributed by atoms with E-state index in [0.29, 0.717) is 26.1 Å². The Balaban J connectivity index is 1.73. The van der Waals surface area contributed by atoms with Gasteiger partial charge >= 0.3 is 0 Å². The maximum absolute atomic E-state index is 12.8. The molecule has 2 aliphatic rings. The molecule has 2 saturated heterocycles. The molecule has 24 heavy (non-hydrogen) atoms. The summed E-state index contributed by atoms with van der Waals surface area (Å²) in [6.07, 6.45) is 1.25. The Kier molecular flexibility index (Phi) is 4.38. The smallest absolute Gasteiger partial charge is 0.228 e. The Hall–Kier alpha value is -1.88. The first-order valence-corrected chi connectivity index (χ1v) is 8.70. The number of aryl methyl sites for hydroxylation is 1. The van der Waals surface area contributed by atoms with Gasteiger partial charge in [-0.3, -0.25) is 9.59 Å². The Morgan fingerprint density at radius 1 is 1.38 bits per heavy atom. The van der Waals surface area contributed by atoms with Crippen LogP contribution in [0.4, 0.5) is 5.69 Å². The monoisotopic (exact) mass is 329 g/mol. The predicted octanol–water partition coefficient (Wildman–Crippen LogP) is 1.85. The van der Waals surface area contributed by atoms with Crippen molar-refractivity contribution in [1.82, 2.24) is 4.90 Å². The summed E-state index contributed by atoms with van der Waals surface area (Å²) >= 11 is 0. The van der Waals surface area contributed by atoms with Crippen molar-refractivity contribution in [2.75, 3.05) is 31.1 Å². The molecule has 5 heteroatoms. The predicted molar refractivity (Wildman–Crippen MR) is 94.7 cm³/mol. The number of hydrogen-bond acceptors (Lipinski definition) is 3. The van der Waals surface area contributed by atoms with Crippen LogP contribution in [0.3, 0.4) is 0 Å². The fraction of sp³-hybridized carbons (Fsp3) is 0.579. The van der Waals surface area contributed by atoms with Crippen molar-refractivity contribution in [3.8, 4) is 0 Å². The Labute approximate surface area is 143 Å². The van der Waals surface area contributed by atoms with E-state index in [1.54, 1.807) is 4.90 Å². The normalized spacial score (nSPS) is 27.2. The molecule has 2 atom stereocenters. The summed E-state index contributed by atoms with van der Waals surface area (Å²) in [5, 5.41) is 0. The highest BCUT2D eigenvalue weighted by Crippen LogP contribution is 2.33. The third-order valence-electron chi connectivity index (χ3n) is 5.70. The number of carbonyl (C=O) groups is 2. The second-order valence-electron chi connectivity index (χ2n) is 7.65. The Morgan fingerprint density at radius 2 is 2.12 bits per heavy atom. The van der Waals surface area contributed by atoms with Crippen LogP contribution in [0.5, 0.6) is 0 Å². The number of likely N-dealkylation sites (tertiary alicyclic amines) is 1. The molecule has 1 aromatic rings. The van der Waals surface area contributed by atoms with E-state index in [2.05, 4.69) is 6.92 Å². The number of hydrogen-bond donors (Lipinski definition) is 1. The molecule has 2 fully saturated rings. The van der Waals surface area contributed by atoms with Crippen LogP contribution in [0.1, 0.15) is 30.9 Å². The number of benzene rings is 1. The minimum absolute atomic E-state index is 0.0189. The summed E-state index contributed by atoms with van der Waals surface area (Å²) in [5.41, 5.74) is 9.05. The fourth-order valence-electron chi connectivity index (χ4n) is 3.77. The minimum atomic E-state index is -0.238. The number of rotatable bonds is 3. The van der Waals surface area contributed by atoms with Gasteiger partial charge in [-0.15, -0.1) is 0 Å². The Morgan fingerprint density at radius 3 is 2.79 bits per heavy atom. The van der Waals surface area contributed by atoms with Gasteiger partial charge in [0.2, 0.25) is 11.8 Å². The summed E-state index contributed by atoms with van der Waals surface area (Å²) in [6, 6.07) is 5.97. The van der Waals surface area contributed by atoms with E-state index in [1.165, 1.54) is 0 Å². The molecule has 0 aliphatic carbocycles. The average Bonchev–Trinajstić information content (AvgIpc) is 3.14. The molecule has 0 bridgehead atoms. The zero-order chi connectivity index (χ0) is 17.5. The summed E-state index contributed by atoms with van der Waals surface area (Å²) in [5.74, 6) is -0.0892. The van der Waals surface area contributed by atoms with Crippen LogP contribution < -0.4 is 10.6 Å². The van der Waals surface area contributed by atoms with Gasteiger partial charge in [0.15, 0.2) is 0 Å². The van der Waals surface area contributed by atoms with Crippen molar-refractivity contribution in [1.29, 1.82) is 0 Å². The standard InChI is InChI=1S/C19H27N3O2/c1-13-5-4-6-16(14(13)2)22-10-15(9-17(22)23)18(24)21-8-7-19(3,11-20)12-21/h4-6,15H,7-12,20H2,1-3H3. The zero-order valence-corrected chi connectivity index (χ0v) is 14.8. The van der Waals surface area contributed by atoms with Crippen LogP contribution in [0.2, 0.25) is 0 Å². The molecule has 3 rings (SSSR count). The third-order valence-corrected chi connectivity index (χ3v) is 5.70. The first kappa shape index (κ1) is 17.0. The van der Waals surface area contributed by atoms with Crippen molar-refractivity contribution in [2.45, 2.75) is 33.6 Å². The van der Waals surface area contributed by atoms with Crippen LogP contribution in [-0.2, 0) is 9.59 Å². The number of amides is 2. The lowest BCUT2D eigenvalue weighted by molar-refractivity contribution is -0.135. The lowest BCUT2D eigenvalue weighted by Gasteiger charge is -2.25. The molecule has 5 nitrogen and oxygen atoms in total. The van der Waals surface area contributed by atoms with Gasteiger partial charge < -0.3 is 15.5 Å². The summed E-state index contributed by atoms with van der Waals surface area (Å²) in [7, 11) is 0. The topological polar surface area (TPSA) is 66.6 Å². The molecule has 0 aromatic heterocycles. The third kappa shape index (κ3) is 2.93. The molecule has 130 valence electrons. The van der Waals surface area contributed by atoms with Crippen molar-refractivity contribution >= 4 is 17.5 Å². The van der Waals surface area contributed by atoms with E-state index < -0.39 is 0 Å². The first-order valence-electron chi connectivity index (χ1n) is 8.70. The summed E-state index contributed by atoms with van der Waals surface area (Å²) in [6.45, 7) is 8.73. The lowest BCUT2D eigenvalue weighted by Crippen LogP contribution is -2.38. The Bertz CT molecular complexity index is 673. The van der Waals surface area contributed by atoms with Gasteiger partial charge in [0.05, 0.1) is 5.92 Å². The highest BCUT2D eigenvalue weighted by atomic mass is 16.2. The van der Waals surface area contributed by atoms with E-state index in [-0.39, 0.29) is 23.1 Å². The summed E-state index contributed by atoms with van der Waals surface area (Å²) in [4.78, 5) is 29.0. The van der Waals surface area contributed by atoms with E-state index in [1.807, 2.05) is 36.9 Å². The molecule has 2 heterocycles. The van der Waals surface area contributed by atoms with Crippen LogP contribution in [0.25, 0.3) is 0 Å². The van der Waals surface area contributed by atoms with Crippen LogP contribution in [-0.4, -0.2) is 42.9 Å². The first-order chi connectivity index (χ1) is 11.3. The zero-order valence-electron chi connectivity index (χ0n) is 14.8. The molecule has 0 saturated carbocycles. The molecule has 0 spiro atoms. The second-order valence-corrected chi connectivity index (χ2v) is 7.65. The minimum Gasteiger partial charge on any atom is -0.342 e. The van der Waals surface area contributed by atoms with E-state index >= 15 is 0 Å². The van der Waals surface area contributed by atoms with Crippen molar-refractivity contribution in [2.24, 2.45) is 17.1 Å². The van der Waals surface area contributed by atoms with Crippen LogP contribution >= 0.6 is 0 Å². The van der Waals surface area contributed by atoms with E-state index in [0.717, 1.165) is 29.8 Å². The highest BCUT2D eigenvalue weighted by Gasteiger charge is 2.41. The quantitative estimate of drug-likeness (QED) is 0.920. The molecular weight excluding hydrogens is 302 g/mol. The number of anilines is 1. The molecule has 2 amide bonds. The van der Waals surface area contributed by atoms with Gasteiger partial charge in [-0.1, -0.05) is 19.1 Å². The molecule has 2 N–H and O–H groups in total. The van der Waals surface area contributed by atoms with Gasteiger partial charge in [-0.25, -0.2) is 0 Å². The average molecular weight is 329 g/mol. The second kappa shape index (κ2) is 6.20. The molecule has 1 aromatic carbocycles. The van der Waals surface area contributed by atoms with Gasteiger partial charge in [-0.2, -0.15) is 0 Å². The highest BCUT2D eigenvalue weighted by molar-refractivity contribution is 6.01. The SMILES string of the molecule is Cc1cccc(N2CC(C(=O)N3CCC(C)(CN)C3)CC2=O)c1C. The lowest BCUT2D eigenvalue weighted by atomic mass is 9.90.